The first-order valence-electron chi connectivity index (χ1n) is 10.4. The smallest absolute Gasteiger partial charge is 0.234 e. The summed E-state index contributed by atoms with van der Waals surface area (Å²) in [5.74, 6) is 2.12. The number of allylic oxidation sites excluding steroid dienone is 1. The minimum absolute atomic E-state index is 0.101. The SMILES string of the molecule is C=CCn1c(COc2ccc(C)cc2OCC)nnc1SCC(=O)Nc1ccccc1C. The van der Waals surface area contributed by atoms with Crippen LogP contribution in [0.3, 0.4) is 0 Å². The quantitative estimate of drug-likeness (QED) is 0.333. The molecular weight excluding hydrogens is 424 g/mol. The largest absolute Gasteiger partial charge is 0.490 e. The molecule has 3 aromatic rings. The van der Waals surface area contributed by atoms with Gasteiger partial charge in [0.1, 0.15) is 6.61 Å². The van der Waals surface area contributed by atoms with Gasteiger partial charge in [-0.2, -0.15) is 0 Å². The third kappa shape index (κ3) is 6.13. The van der Waals surface area contributed by atoms with Gasteiger partial charge >= 0.3 is 0 Å². The number of benzene rings is 2. The number of hydrogen-bond donors (Lipinski definition) is 1. The molecule has 168 valence electrons. The molecule has 1 N–H and O–H groups in total. The predicted octanol–water partition coefficient (Wildman–Crippen LogP) is 4.79. The monoisotopic (exact) mass is 452 g/mol. The molecule has 0 saturated carbocycles. The Hall–Kier alpha value is -3.26. The molecule has 8 heteroatoms. The number of aryl methyl sites for hydroxylation is 2. The molecule has 0 atom stereocenters. The first-order valence-corrected chi connectivity index (χ1v) is 11.4. The van der Waals surface area contributed by atoms with Crippen LogP contribution < -0.4 is 14.8 Å². The number of carbonyl (C=O) groups excluding carboxylic acids is 1. The number of anilines is 1. The standard InChI is InChI=1S/C24H28N4O3S/c1-5-13-28-22(15-31-20-12-11-17(3)14-21(20)30-6-2)26-27-24(28)32-16-23(29)25-19-10-8-7-9-18(19)4/h5,7-12,14H,1,6,13,15-16H2,2-4H3,(H,25,29). The Kier molecular flexibility index (Phi) is 8.33. The average molecular weight is 453 g/mol. The van der Waals surface area contributed by atoms with Crippen LogP contribution >= 0.6 is 11.8 Å². The number of thioether (sulfide) groups is 1. The summed E-state index contributed by atoms with van der Waals surface area (Å²) < 4.78 is 13.6. The van der Waals surface area contributed by atoms with Crippen LogP contribution in [0.2, 0.25) is 0 Å². The Morgan fingerprint density at radius 2 is 1.97 bits per heavy atom. The van der Waals surface area contributed by atoms with E-state index < -0.39 is 0 Å². The molecule has 1 heterocycles. The van der Waals surface area contributed by atoms with E-state index in [0.717, 1.165) is 16.8 Å². The highest BCUT2D eigenvalue weighted by atomic mass is 32.2. The molecule has 1 aromatic heterocycles. The number of aromatic nitrogens is 3. The normalized spacial score (nSPS) is 10.6. The van der Waals surface area contributed by atoms with Crippen molar-refractivity contribution in [3.63, 3.8) is 0 Å². The van der Waals surface area contributed by atoms with Crippen molar-refractivity contribution in [1.82, 2.24) is 14.8 Å². The summed E-state index contributed by atoms with van der Waals surface area (Å²) in [4.78, 5) is 12.4. The molecule has 2 aromatic carbocycles. The first-order chi connectivity index (χ1) is 15.5. The molecule has 7 nitrogen and oxygen atoms in total. The van der Waals surface area contributed by atoms with Gasteiger partial charge in [-0.05, 0) is 50.1 Å². The maximum atomic E-state index is 12.4. The van der Waals surface area contributed by atoms with Crippen LogP contribution in [0.15, 0.2) is 60.3 Å². The summed E-state index contributed by atoms with van der Waals surface area (Å²) >= 11 is 1.33. The van der Waals surface area contributed by atoms with Gasteiger partial charge in [-0.1, -0.05) is 42.1 Å². The van der Waals surface area contributed by atoms with Crippen LogP contribution in [-0.2, 0) is 17.9 Å². The molecule has 3 rings (SSSR count). The van der Waals surface area contributed by atoms with Crippen molar-refractivity contribution in [3.8, 4) is 11.5 Å². The molecule has 1 amide bonds. The zero-order valence-corrected chi connectivity index (χ0v) is 19.4. The van der Waals surface area contributed by atoms with Crippen LogP contribution in [-0.4, -0.2) is 33.0 Å². The van der Waals surface area contributed by atoms with E-state index in [-0.39, 0.29) is 18.3 Å². The lowest BCUT2D eigenvalue weighted by molar-refractivity contribution is -0.113. The van der Waals surface area contributed by atoms with E-state index in [1.807, 2.05) is 67.8 Å². The lowest BCUT2D eigenvalue weighted by atomic mass is 10.2. The van der Waals surface area contributed by atoms with Crippen LogP contribution in [0.1, 0.15) is 23.9 Å². The number of para-hydroxylation sites is 1. The lowest BCUT2D eigenvalue weighted by Gasteiger charge is -2.13. The molecule has 0 aliphatic carbocycles. The van der Waals surface area contributed by atoms with Crippen LogP contribution in [0.4, 0.5) is 5.69 Å². The van der Waals surface area contributed by atoms with Crippen molar-refractivity contribution in [2.75, 3.05) is 17.7 Å². The Balaban J connectivity index is 1.66. The highest BCUT2D eigenvalue weighted by Crippen LogP contribution is 2.29. The van der Waals surface area contributed by atoms with Crippen LogP contribution in [0.25, 0.3) is 0 Å². The molecule has 0 saturated heterocycles. The molecule has 0 aliphatic heterocycles. The molecule has 0 spiro atoms. The number of ether oxygens (including phenoxy) is 2. The number of hydrogen-bond acceptors (Lipinski definition) is 6. The number of rotatable bonds is 11. The second kappa shape index (κ2) is 11.4. The maximum Gasteiger partial charge on any atom is 0.234 e. The van der Waals surface area contributed by atoms with Crippen molar-refractivity contribution in [3.05, 3.63) is 72.1 Å². The summed E-state index contributed by atoms with van der Waals surface area (Å²) in [6.45, 7) is 11.0. The minimum atomic E-state index is -0.101. The third-order valence-corrected chi connectivity index (χ3v) is 5.58. The van der Waals surface area contributed by atoms with Gasteiger partial charge in [0.15, 0.2) is 22.5 Å². The second-order valence-corrected chi connectivity index (χ2v) is 8.06. The lowest BCUT2D eigenvalue weighted by Crippen LogP contribution is -2.15. The fraction of sp³-hybridized carbons (Fsp3) is 0.292. The molecule has 0 aliphatic rings. The molecule has 0 unspecified atom stereocenters. The van der Waals surface area contributed by atoms with E-state index in [9.17, 15) is 4.79 Å². The Morgan fingerprint density at radius 3 is 2.72 bits per heavy atom. The zero-order chi connectivity index (χ0) is 22.9. The Labute approximate surface area is 192 Å². The van der Waals surface area contributed by atoms with Gasteiger partial charge in [-0.25, -0.2) is 0 Å². The first kappa shape index (κ1) is 23.4. The van der Waals surface area contributed by atoms with E-state index in [0.29, 0.717) is 35.6 Å². The van der Waals surface area contributed by atoms with E-state index in [1.165, 1.54) is 11.8 Å². The van der Waals surface area contributed by atoms with Gasteiger partial charge in [-0.3, -0.25) is 9.36 Å². The Morgan fingerprint density at radius 1 is 1.16 bits per heavy atom. The summed E-state index contributed by atoms with van der Waals surface area (Å²) in [6, 6.07) is 13.5. The third-order valence-electron chi connectivity index (χ3n) is 4.61. The van der Waals surface area contributed by atoms with Crippen molar-refractivity contribution < 1.29 is 14.3 Å². The predicted molar refractivity (Wildman–Crippen MR) is 127 cm³/mol. The summed E-state index contributed by atoms with van der Waals surface area (Å²) in [6.07, 6.45) is 1.77. The van der Waals surface area contributed by atoms with Crippen molar-refractivity contribution in [2.45, 2.75) is 39.1 Å². The van der Waals surface area contributed by atoms with Crippen molar-refractivity contribution in [1.29, 1.82) is 0 Å². The number of nitrogens with zero attached hydrogens (tertiary/aromatic N) is 3. The van der Waals surface area contributed by atoms with Gasteiger partial charge in [-0.15, -0.1) is 16.8 Å². The highest BCUT2D eigenvalue weighted by molar-refractivity contribution is 7.99. The van der Waals surface area contributed by atoms with E-state index in [4.69, 9.17) is 9.47 Å². The number of amides is 1. The van der Waals surface area contributed by atoms with E-state index in [1.54, 1.807) is 6.08 Å². The van der Waals surface area contributed by atoms with Gasteiger partial charge in [0.2, 0.25) is 5.91 Å². The van der Waals surface area contributed by atoms with E-state index >= 15 is 0 Å². The highest BCUT2D eigenvalue weighted by Gasteiger charge is 2.15. The summed E-state index contributed by atoms with van der Waals surface area (Å²) in [5, 5.41) is 12.1. The fourth-order valence-corrected chi connectivity index (χ4v) is 3.79. The minimum Gasteiger partial charge on any atom is -0.490 e. The van der Waals surface area contributed by atoms with Crippen molar-refractivity contribution >= 4 is 23.4 Å². The summed E-state index contributed by atoms with van der Waals surface area (Å²) in [7, 11) is 0. The Bertz CT molecular complexity index is 1080. The van der Waals surface area contributed by atoms with Gasteiger partial charge in [0, 0.05) is 12.2 Å². The number of carbonyl (C=O) groups is 1. The van der Waals surface area contributed by atoms with Crippen LogP contribution in [0, 0.1) is 13.8 Å². The molecule has 0 radical (unpaired) electrons. The van der Waals surface area contributed by atoms with E-state index in [2.05, 4.69) is 22.1 Å². The topological polar surface area (TPSA) is 78.3 Å². The molecule has 0 bridgehead atoms. The van der Waals surface area contributed by atoms with Crippen LogP contribution in [0.5, 0.6) is 11.5 Å². The average Bonchev–Trinajstić information content (AvgIpc) is 3.15. The number of nitrogens with one attached hydrogen (secondary N) is 1. The summed E-state index contributed by atoms with van der Waals surface area (Å²) in [5.41, 5.74) is 2.92. The molecular formula is C24H28N4O3S. The van der Waals surface area contributed by atoms with Crippen molar-refractivity contribution in [2.24, 2.45) is 0 Å². The molecule has 0 fully saturated rings. The van der Waals surface area contributed by atoms with Gasteiger partial charge in [0.05, 0.1) is 12.4 Å². The molecule has 32 heavy (non-hydrogen) atoms. The zero-order valence-electron chi connectivity index (χ0n) is 18.6. The maximum absolute atomic E-state index is 12.4. The van der Waals surface area contributed by atoms with Gasteiger partial charge < -0.3 is 14.8 Å². The fourth-order valence-electron chi connectivity index (χ4n) is 3.02. The van der Waals surface area contributed by atoms with Gasteiger partial charge in [0.25, 0.3) is 0 Å². The second-order valence-electron chi connectivity index (χ2n) is 7.12.